The topological polar surface area (TPSA) is 120 Å². The first-order valence-corrected chi connectivity index (χ1v) is 8.47. The van der Waals surface area contributed by atoms with Crippen molar-refractivity contribution in [1.29, 1.82) is 0 Å². The molecule has 136 valence electrons. The van der Waals surface area contributed by atoms with Gasteiger partial charge in [0.1, 0.15) is 0 Å². The van der Waals surface area contributed by atoms with E-state index in [2.05, 4.69) is 15.8 Å². The lowest BCUT2D eigenvalue weighted by Crippen LogP contribution is -2.44. The van der Waals surface area contributed by atoms with Crippen LogP contribution in [0.5, 0.6) is 0 Å². The molecule has 10 nitrogen and oxygen atoms in total. The van der Waals surface area contributed by atoms with Gasteiger partial charge in [-0.2, -0.15) is 0 Å². The Kier molecular flexibility index (Phi) is 5.36. The van der Waals surface area contributed by atoms with Crippen LogP contribution in [0.4, 0.5) is 0 Å². The second kappa shape index (κ2) is 7.13. The van der Waals surface area contributed by atoms with Crippen LogP contribution >= 0.6 is 11.8 Å². The van der Waals surface area contributed by atoms with E-state index < -0.39 is 17.2 Å². The first-order valence-electron chi connectivity index (χ1n) is 7.49. The monoisotopic (exact) mass is 368 g/mol. The fraction of sp³-hybridized carbons (Fsp3) is 0.500. The molecule has 0 fully saturated rings. The highest BCUT2D eigenvalue weighted by Crippen LogP contribution is 2.19. The Morgan fingerprint density at radius 1 is 1.08 bits per heavy atom. The summed E-state index contributed by atoms with van der Waals surface area (Å²) in [6.07, 6.45) is 0. The summed E-state index contributed by atoms with van der Waals surface area (Å²) < 4.78 is 3.83. The summed E-state index contributed by atoms with van der Waals surface area (Å²) in [5.74, 6) is -0.957. The lowest BCUT2D eigenvalue weighted by atomic mass is 10.2. The van der Waals surface area contributed by atoms with Crippen LogP contribution in [0.15, 0.2) is 14.7 Å². The number of hydrogen-bond acceptors (Lipinski definition) is 6. The molecule has 0 radical (unpaired) electrons. The lowest BCUT2D eigenvalue weighted by Gasteiger charge is -2.08. The summed E-state index contributed by atoms with van der Waals surface area (Å²) in [7, 11) is 4.57. The van der Waals surface area contributed by atoms with Gasteiger partial charge in [0.25, 0.3) is 5.56 Å². The molecule has 2 aromatic heterocycles. The Hall–Kier alpha value is -2.56. The van der Waals surface area contributed by atoms with E-state index in [0.717, 1.165) is 16.3 Å². The number of fused-ring (bicyclic) bond motifs is 1. The first-order chi connectivity index (χ1) is 11.6. The van der Waals surface area contributed by atoms with Crippen LogP contribution in [-0.4, -0.2) is 36.3 Å². The number of hydrazine groups is 1. The molecule has 0 atom stereocenters. The van der Waals surface area contributed by atoms with Gasteiger partial charge < -0.3 is 4.57 Å². The Bertz CT molecular complexity index is 955. The SMILES string of the molecule is CC(C)C(=O)NNC(=O)CSc1nc2c(c(=O)n(C)c(=O)n2C)n1C. The third-order valence-corrected chi connectivity index (χ3v) is 4.65. The van der Waals surface area contributed by atoms with E-state index in [1.165, 1.54) is 18.7 Å². The largest absolute Gasteiger partial charge is 0.332 e. The van der Waals surface area contributed by atoms with Gasteiger partial charge in [-0.25, -0.2) is 9.78 Å². The van der Waals surface area contributed by atoms with Gasteiger partial charge >= 0.3 is 5.69 Å². The molecule has 0 aliphatic heterocycles. The summed E-state index contributed by atoms with van der Waals surface area (Å²) >= 11 is 1.10. The average molecular weight is 368 g/mol. The minimum Gasteiger partial charge on any atom is -0.316 e. The van der Waals surface area contributed by atoms with Gasteiger partial charge in [0, 0.05) is 27.1 Å². The number of nitrogens with zero attached hydrogens (tertiary/aromatic N) is 4. The third kappa shape index (κ3) is 3.60. The fourth-order valence-electron chi connectivity index (χ4n) is 2.07. The predicted molar refractivity (Wildman–Crippen MR) is 93.0 cm³/mol. The zero-order valence-corrected chi connectivity index (χ0v) is 15.4. The van der Waals surface area contributed by atoms with E-state index in [1.807, 2.05) is 0 Å². The van der Waals surface area contributed by atoms with E-state index in [-0.39, 0.29) is 28.7 Å². The second-order valence-electron chi connectivity index (χ2n) is 5.81. The number of nitrogens with one attached hydrogen (secondary N) is 2. The van der Waals surface area contributed by atoms with Crippen molar-refractivity contribution in [2.75, 3.05) is 5.75 Å². The van der Waals surface area contributed by atoms with Crippen molar-refractivity contribution in [3.05, 3.63) is 20.8 Å². The Morgan fingerprint density at radius 3 is 2.32 bits per heavy atom. The van der Waals surface area contributed by atoms with Crippen molar-refractivity contribution < 1.29 is 9.59 Å². The summed E-state index contributed by atoms with van der Waals surface area (Å²) in [5, 5.41) is 0.415. The highest BCUT2D eigenvalue weighted by Gasteiger charge is 2.18. The van der Waals surface area contributed by atoms with E-state index in [4.69, 9.17) is 0 Å². The third-order valence-electron chi connectivity index (χ3n) is 3.62. The van der Waals surface area contributed by atoms with Gasteiger partial charge in [-0.05, 0) is 0 Å². The molecule has 0 aromatic carbocycles. The molecular weight excluding hydrogens is 348 g/mol. The van der Waals surface area contributed by atoms with Gasteiger partial charge in [-0.1, -0.05) is 25.6 Å². The zero-order valence-electron chi connectivity index (χ0n) is 14.6. The summed E-state index contributed by atoms with van der Waals surface area (Å²) in [5.41, 5.74) is 4.24. The van der Waals surface area contributed by atoms with Gasteiger partial charge in [0.15, 0.2) is 16.3 Å². The molecule has 2 aromatic rings. The molecule has 0 spiro atoms. The van der Waals surface area contributed by atoms with Crippen molar-refractivity contribution in [2.24, 2.45) is 27.1 Å². The Morgan fingerprint density at radius 2 is 1.72 bits per heavy atom. The molecule has 2 heterocycles. The number of imidazole rings is 1. The number of aryl methyl sites for hydroxylation is 2. The van der Waals surface area contributed by atoms with Crippen molar-refractivity contribution in [2.45, 2.75) is 19.0 Å². The van der Waals surface area contributed by atoms with E-state index >= 15 is 0 Å². The van der Waals surface area contributed by atoms with Crippen LogP contribution in [0.25, 0.3) is 11.2 Å². The van der Waals surface area contributed by atoms with E-state index in [9.17, 15) is 19.2 Å². The maximum absolute atomic E-state index is 12.3. The van der Waals surface area contributed by atoms with Gasteiger partial charge in [-0.15, -0.1) is 0 Å². The number of hydrogen-bond donors (Lipinski definition) is 2. The minimum atomic E-state index is -0.471. The normalized spacial score (nSPS) is 11.1. The van der Waals surface area contributed by atoms with Crippen LogP contribution in [-0.2, 0) is 30.7 Å². The molecule has 2 N–H and O–H groups in total. The second-order valence-corrected chi connectivity index (χ2v) is 6.75. The number of amides is 2. The molecule has 0 saturated heterocycles. The summed E-state index contributed by atoms with van der Waals surface area (Å²) in [6.45, 7) is 3.42. The first kappa shape index (κ1) is 18.8. The molecular formula is C14H20N6O4S. The summed E-state index contributed by atoms with van der Waals surface area (Å²) in [6, 6.07) is 0. The van der Waals surface area contributed by atoms with Crippen molar-refractivity contribution in [3.8, 4) is 0 Å². The molecule has 0 saturated carbocycles. The van der Waals surface area contributed by atoms with E-state index in [0.29, 0.717) is 5.16 Å². The molecule has 0 unspecified atom stereocenters. The molecule has 2 amide bonds. The Labute approximate surface area is 147 Å². The number of carbonyl (C=O) groups is 2. The van der Waals surface area contributed by atoms with Crippen molar-refractivity contribution in [3.63, 3.8) is 0 Å². The minimum absolute atomic E-state index is 0.0101. The number of aromatic nitrogens is 4. The number of thioether (sulfide) groups is 1. The van der Waals surface area contributed by atoms with Crippen LogP contribution < -0.4 is 22.1 Å². The maximum atomic E-state index is 12.3. The molecule has 0 aliphatic rings. The van der Waals surface area contributed by atoms with Crippen molar-refractivity contribution in [1.82, 2.24) is 29.5 Å². The molecule has 25 heavy (non-hydrogen) atoms. The quantitative estimate of drug-likeness (QED) is 0.520. The van der Waals surface area contributed by atoms with Crippen LogP contribution in [0.2, 0.25) is 0 Å². The van der Waals surface area contributed by atoms with Gasteiger partial charge in [0.2, 0.25) is 11.8 Å². The van der Waals surface area contributed by atoms with Gasteiger partial charge in [-0.3, -0.25) is 34.4 Å². The molecule has 11 heteroatoms. The molecule has 2 rings (SSSR count). The van der Waals surface area contributed by atoms with E-state index in [1.54, 1.807) is 25.5 Å². The van der Waals surface area contributed by atoms with Crippen LogP contribution in [0.3, 0.4) is 0 Å². The highest BCUT2D eigenvalue weighted by molar-refractivity contribution is 7.99. The fourth-order valence-corrected chi connectivity index (χ4v) is 2.84. The standard InChI is InChI=1S/C14H20N6O4S/c1-7(2)11(22)17-16-8(21)6-25-13-15-10-9(18(13)3)12(23)20(5)14(24)19(10)4/h7H,6H2,1-5H3,(H,16,21)(H,17,22). The molecule has 0 aliphatic carbocycles. The maximum Gasteiger partial charge on any atom is 0.332 e. The highest BCUT2D eigenvalue weighted by atomic mass is 32.2. The summed E-state index contributed by atoms with van der Waals surface area (Å²) in [4.78, 5) is 51.7. The number of rotatable bonds is 4. The smallest absolute Gasteiger partial charge is 0.316 e. The lowest BCUT2D eigenvalue weighted by molar-refractivity contribution is -0.129. The molecule has 0 bridgehead atoms. The Balaban J connectivity index is 2.19. The van der Waals surface area contributed by atoms with Crippen LogP contribution in [0, 0.1) is 5.92 Å². The van der Waals surface area contributed by atoms with Gasteiger partial charge in [0.05, 0.1) is 5.75 Å². The van der Waals surface area contributed by atoms with Crippen molar-refractivity contribution >= 4 is 34.7 Å². The predicted octanol–water partition coefficient (Wildman–Crippen LogP) is -1.13. The number of carbonyl (C=O) groups excluding carboxylic acids is 2. The zero-order chi connectivity index (χ0) is 18.9. The van der Waals surface area contributed by atoms with Crippen LogP contribution in [0.1, 0.15) is 13.8 Å². The average Bonchev–Trinajstić information content (AvgIpc) is 2.90.